The lowest BCUT2D eigenvalue weighted by molar-refractivity contribution is -0.152. The molecule has 0 saturated carbocycles. The zero-order chi connectivity index (χ0) is 14.9. The summed E-state index contributed by atoms with van der Waals surface area (Å²) in [5.41, 5.74) is 7.23. The molecule has 1 aliphatic heterocycles. The Kier molecular flexibility index (Phi) is 4.22. The quantitative estimate of drug-likeness (QED) is 0.869. The largest absolute Gasteiger partial charge is 0.399 e. The first-order valence-electron chi connectivity index (χ1n) is 6.51. The predicted octanol–water partition coefficient (Wildman–Crippen LogP) is 3.29. The number of hydrogen-bond donors (Lipinski definition) is 1. The van der Waals surface area contributed by atoms with Gasteiger partial charge < -0.3 is 10.6 Å². The third kappa shape index (κ3) is 3.06. The van der Waals surface area contributed by atoms with Gasteiger partial charge in [0.15, 0.2) is 0 Å². The maximum absolute atomic E-state index is 13.0. The van der Waals surface area contributed by atoms with Gasteiger partial charge in [0.25, 0.3) is 0 Å². The molecule has 0 saturated heterocycles. The molecule has 20 heavy (non-hydrogen) atoms. The monoisotopic (exact) mass is 302 g/mol. The lowest BCUT2D eigenvalue weighted by Crippen LogP contribution is -2.48. The Hall–Kier alpha value is -1.30. The fourth-order valence-corrected chi connectivity index (χ4v) is 2.80. The number of para-hydroxylation sites is 1. The Morgan fingerprint density at radius 3 is 2.70 bits per heavy atom. The van der Waals surface area contributed by atoms with Gasteiger partial charge in [-0.25, -0.2) is 0 Å². The van der Waals surface area contributed by atoms with Crippen LogP contribution in [-0.4, -0.2) is 23.8 Å². The zero-order valence-electron chi connectivity index (χ0n) is 11.2. The van der Waals surface area contributed by atoms with Crippen LogP contribution < -0.4 is 10.6 Å². The van der Waals surface area contributed by atoms with E-state index in [-0.39, 0.29) is 12.6 Å². The van der Waals surface area contributed by atoms with Crippen molar-refractivity contribution in [2.45, 2.75) is 32.0 Å². The second kappa shape index (κ2) is 5.60. The third-order valence-electron chi connectivity index (χ3n) is 3.78. The van der Waals surface area contributed by atoms with E-state index in [4.69, 9.17) is 5.73 Å². The molecule has 6 heteroatoms. The molecule has 2 rings (SSSR count). The third-order valence-corrected chi connectivity index (χ3v) is 4.07. The van der Waals surface area contributed by atoms with Crippen molar-refractivity contribution in [3.63, 3.8) is 0 Å². The summed E-state index contributed by atoms with van der Waals surface area (Å²) in [5, 5.41) is 0. The number of hydrogen-bond acceptors (Lipinski definition) is 2. The molecule has 0 bridgehead atoms. The van der Waals surface area contributed by atoms with Crippen molar-refractivity contribution in [3.8, 4) is 0 Å². The predicted molar refractivity (Wildman–Crippen MR) is 77.9 cm³/mol. The number of fused-ring (bicyclic) bond motifs is 1. The number of alkyl halides is 3. The summed E-state index contributed by atoms with van der Waals surface area (Å²) < 4.78 is 39.1. The van der Waals surface area contributed by atoms with Crippen LogP contribution in [0.4, 0.5) is 18.9 Å². The van der Waals surface area contributed by atoms with Gasteiger partial charge in [0.05, 0.1) is 4.99 Å². The molecule has 1 aromatic carbocycles. The second-order valence-corrected chi connectivity index (χ2v) is 5.64. The highest BCUT2D eigenvalue weighted by molar-refractivity contribution is 7.80. The summed E-state index contributed by atoms with van der Waals surface area (Å²) in [6.07, 6.45) is -2.69. The molecule has 1 heterocycles. The summed E-state index contributed by atoms with van der Waals surface area (Å²) in [7, 11) is 0. The number of nitrogens with two attached hydrogens (primary N) is 1. The van der Waals surface area contributed by atoms with Crippen LogP contribution in [0.5, 0.6) is 0 Å². The van der Waals surface area contributed by atoms with Gasteiger partial charge in [-0.05, 0) is 31.4 Å². The highest BCUT2D eigenvalue weighted by Crippen LogP contribution is 2.34. The molecule has 0 spiro atoms. The van der Waals surface area contributed by atoms with E-state index >= 15 is 0 Å². The first-order valence-corrected chi connectivity index (χ1v) is 6.92. The second-order valence-electron chi connectivity index (χ2n) is 5.17. The van der Waals surface area contributed by atoms with Crippen LogP contribution in [0.25, 0.3) is 0 Å². The van der Waals surface area contributed by atoms with E-state index in [1.807, 2.05) is 31.2 Å². The lowest BCUT2D eigenvalue weighted by Gasteiger charge is -2.39. The molecular weight excluding hydrogens is 285 g/mol. The molecule has 0 aliphatic carbocycles. The molecule has 0 amide bonds. The smallest absolute Gasteiger partial charge is 0.393 e. The number of thiocarbonyl (C=S) groups is 1. The molecule has 2 atom stereocenters. The summed E-state index contributed by atoms with van der Waals surface area (Å²) >= 11 is 4.60. The van der Waals surface area contributed by atoms with Gasteiger partial charge in [0.2, 0.25) is 0 Å². The van der Waals surface area contributed by atoms with Crippen molar-refractivity contribution < 1.29 is 13.2 Å². The fraction of sp³-hybridized carbons (Fsp3) is 0.500. The molecule has 0 radical (unpaired) electrons. The molecule has 0 aromatic heterocycles. The van der Waals surface area contributed by atoms with Crippen molar-refractivity contribution in [1.29, 1.82) is 0 Å². The Morgan fingerprint density at radius 1 is 1.45 bits per heavy atom. The van der Waals surface area contributed by atoms with Gasteiger partial charge in [-0.2, -0.15) is 13.2 Å². The van der Waals surface area contributed by atoms with Gasteiger partial charge in [-0.1, -0.05) is 30.4 Å². The molecule has 1 aromatic rings. The van der Waals surface area contributed by atoms with Crippen LogP contribution in [0.3, 0.4) is 0 Å². The SMILES string of the molecule is CC1CCc2ccccc2N1CC(C(N)=S)C(F)(F)F. The summed E-state index contributed by atoms with van der Waals surface area (Å²) in [4.78, 5) is 1.28. The number of rotatable bonds is 3. The van der Waals surface area contributed by atoms with Crippen LogP contribution in [-0.2, 0) is 6.42 Å². The van der Waals surface area contributed by atoms with Gasteiger partial charge in [0.1, 0.15) is 5.92 Å². The van der Waals surface area contributed by atoms with E-state index in [9.17, 15) is 13.2 Å². The molecule has 1 aliphatic rings. The first kappa shape index (κ1) is 15.1. The number of anilines is 1. The molecule has 110 valence electrons. The highest BCUT2D eigenvalue weighted by atomic mass is 32.1. The first-order chi connectivity index (χ1) is 9.30. The molecule has 2 nitrogen and oxygen atoms in total. The fourth-order valence-electron chi connectivity index (χ4n) is 2.59. The van der Waals surface area contributed by atoms with E-state index < -0.39 is 17.1 Å². The average molecular weight is 302 g/mol. The molecule has 0 fully saturated rings. The average Bonchev–Trinajstić information content (AvgIpc) is 2.35. The summed E-state index contributed by atoms with van der Waals surface area (Å²) in [6.45, 7) is 1.72. The molecule has 2 N–H and O–H groups in total. The summed E-state index contributed by atoms with van der Waals surface area (Å²) in [6, 6.07) is 7.61. The number of halogens is 3. The Bertz CT molecular complexity index is 501. The van der Waals surface area contributed by atoms with E-state index in [2.05, 4.69) is 12.2 Å². The highest BCUT2D eigenvalue weighted by Gasteiger charge is 2.43. The van der Waals surface area contributed by atoms with Crippen molar-refractivity contribution in [1.82, 2.24) is 0 Å². The molecule has 2 unspecified atom stereocenters. The minimum atomic E-state index is -4.40. The van der Waals surface area contributed by atoms with Gasteiger partial charge in [-0.15, -0.1) is 0 Å². The Balaban J connectivity index is 2.30. The van der Waals surface area contributed by atoms with E-state index in [1.54, 1.807) is 4.90 Å². The van der Waals surface area contributed by atoms with Crippen LogP contribution in [0.2, 0.25) is 0 Å². The lowest BCUT2D eigenvalue weighted by atomic mass is 9.95. The Labute approximate surface area is 121 Å². The van der Waals surface area contributed by atoms with Gasteiger partial charge in [-0.3, -0.25) is 0 Å². The van der Waals surface area contributed by atoms with Crippen molar-refractivity contribution in [2.24, 2.45) is 11.7 Å². The molecular formula is C14H17F3N2S. The number of benzene rings is 1. The Morgan fingerprint density at radius 2 is 2.10 bits per heavy atom. The normalized spacial score (nSPS) is 20.4. The van der Waals surface area contributed by atoms with Crippen LogP contribution in [0.1, 0.15) is 18.9 Å². The maximum atomic E-state index is 13.0. The number of nitrogens with zero attached hydrogens (tertiary/aromatic N) is 1. The van der Waals surface area contributed by atoms with Crippen LogP contribution >= 0.6 is 12.2 Å². The van der Waals surface area contributed by atoms with Crippen LogP contribution in [0, 0.1) is 5.92 Å². The van der Waals surface area contributed by atoms with E-state index in [1.165, 1.54) is 0 Å². The minimum Gasteiger partial charge on any atom is -0.393 e. The van der Waals surface area contributed by atoms with Crippen molar-refractivity contribution >= 4 is 22.9 Å². The van der Waals surface area contributed by atoms with Gasteiger partial charge in [0, 0.05) is 18.3 Å². The maximum Gasteiger partial charge on any atom is 0.399 e. The van der Waals surface area contributed by atoms with Crippen molar-refractivity contribution in [2.75, 3.05) is 11.4 Å². The summed E-state index contributed by atoms with van der Waals surface area (Å²) in [5.74, 6) is -1.77. The van der Waals surface area contributed by atoms with E-state index in [0.717, 1.165) is 24.1 Å². The minimum absolute atomic E-state index is 0.0455. The number of aryl methyl sites for hydroxylation is 1. The van der Waals surface area contributed by atoms with Gasteiger partial charge >= 0.3 is 6.18 Å². The topological polar surface area (TPSA) is 29.3 Å². The van der Waals surface area contributed by atoms with Crippen LogP contribution in [0.15, 0.2) is 24.3 Å². The standard InChI is InChI=1S/C14H17F3N2S/c1-9-6-7-10-4-2-3-5-12(10)19(9)8-11(13(18)20)14(15,16)17/h2-5,9,11H,6-8H2,1H3,(H2,18,20). The van der Waals surface area contributed by atoms with E-state index in [0.29, 0.717) is 0 Å². The van der Waals surface area contributed by atoms with Crippen molar-refractivity contribution in [3.05, 3.63) is 29.8 Å². The zero-order valence-corrected chi connectivity index (χ0v) is 12.0.